The van der Waals surface area contributed by atoms with Crippen LogP contribution in [0, 0.1) is 6.92 Å². The lowest BCUT2D eigenvalue weighted by Gasteiger charge is -2.09. The molecule has 0 unspecified atom stereocenters. The van der Waals surface area contributed by atoms with Gasteiger partial charge in [-0.15, -0.1) is 0 Å². The van der Waals surface area contributed by atoms with Crippen LogP contribution >= 0.6 is 0 Å². The zero-order valence-corrected chi connectivity index (χ0v) is 11.4. The van der Waals surface area contributed by atoms with E-state index in [4.69, 9.17) is 10.5 Å². The molecular weight excluding hydrogens is 244 g/mol. The van der Waals surface area contributed by atoms with Gasteiger partial charge < -0.3 is 15.8 Å². The topological polar surface area (TPSA) is 81.4 Å². The van der Waals surface area contributed by atoms with Crippen LogP contribution < -0.4 is 11.1 Å². The Kier molecular flexibility index (Phi) is 5.85. The Morgan fingerprint density at radius 1 is 1.37 bits per heavy atom. The van der Waals surface area contributed by atoms with Crippen LogP contribution in [0.2, 0.25) is 0 Å². The Hall–Kier alpha value is -2.04. The molecule has 5 heteroatoms. The molecule has 3 N–H and O–H groups in total. The number of esters is 1. The number of nitrogens with two attached hydrogens (primary N) is 1. The van der Waals surface area contributed by atoms with E-state index in [1.165, 1.54) is 0 Å². The molecular formula is C14H20N2O3. The van der Waals surface area contributed by atoms with Crippen molar-refractivity contribution in [1.29, 1.82) is 0 Å². The van der Waals surface area contributed by atoms with Gasteiger partial charge in [-0.05, 0) is 25.0 Å². The molecule has 0 bridgehead atoms. The van der Waals surface area contributed by atoms with Gasteiger partial charge in [-0.2, -0.15) is 0 Å². The van der Waals surface area contributed by atoms with E-state index in [-0.39, 0.29) is 12.5 Å². The summed E-state index contributed by atoms with van der Waals surface area (Å²) in [4.78, 5) is 23.2. The van der Waals surface area contributed by atoms with Crippen LogP contribution in [0.25, 0.3) is 0 Å². The summed E-state index contributed by atoms with van der Waals surface area (Å²) in [6.07, 6.45) is 1.91. The van der Waals surface area contributed by atoms with Gasteiger partial charge in [-0.3, -0.25) is 4.79 Å². The Bertz CT molecular complexity index is 438. The number of rotatable bonds is 6. The van der Waals surface area contributed by atoms with Gasteiger partial charge in [0.05, 0.1) is 5.56 Å². The Labute approximate surface area is 113 Å². The van der Waals surface area contributed by atoms with E-state index in [9.17, 15) is 9.59 Å². The maximum atomic E-state index is 11.8. The first-order valence-corrected chi connectivity index (χ1v) is 6.35. The third-order valence-corrected chi connectivity index (χ3v) is 2.70. The zero-order valence-electron chi connectivity index (χ0n) is 11.4. The fourth-order valence-electron chi connectivity index (χ4n) is 1.63. The lowest BCUT2D eigenvalue weighted by atomic mass is 10.1. The number of hydrogen-bond acceptors (Lipinski definition) is 4. The molecule has 0 aliphatic rings. The van der Waals surface area contributed by atoms with E-state index in [2.05, 4.69) is 5.32 Å². The highest BCUT2D eigenvalue weighted by Crippen LogP contribution is 2.17. The number of nitrogens with one attached hydrogen (secondary N) is 1. The van der Waals surface area contributed by atoms with Crippen LogP contribution in [0.5, 0.6) is 0 Å². The highest BCUT2D eigenvalue weighted by Gasteiger charge is 2.15. The van der Waals surface area contributed by atoms with Crippen LogP contribution in [0.3, 0.4) is 0 Å². The minimum atomic E-state index is -0.568. The van der Waals surface area contributed by atoms with Gasteiger partial charge >= 0.3 is 5.97 Å². The quantitative estimate of drug-likeness (QED) is 0.465. The Morgan fingerprint density at radius 2 is 2.11 bits per heavy atom. The minimum absolute atomic E-state index is 0.281. The third kappa shape index (κ3) is 4.62. The third-order valence-electron chi connectivity index (χ3n) is 2.70. The molecule has 0 spiro atoms. The lowest BCUT2D eigenvalue weighted by Crippen LogP contribution is -2.29. The van der Waals surface area contributed by atoms with Crippen molar-refractivity contribution in [2.45, 2.75) is 26.7 Å². The summed E-state index contributed by atoms with van der Waals surface area (Å²) < 4.78 is 4.95. The van der Waals surface area contributed by atoms with E-state index in [0.717, 1.165) is 18.4 Å². The van der Waals surface area contributed by atoms with Crippen LogP contribution in [-0.4, -0.2) is 25.0 Å². The van der Waals surface area contributed by atoms with Crippen molar-refractivity contribution in [2.24, 2.45) is 0 Å². The fourth-order valence-corrected chi connectivity index (χ4v) is 1.63. The summed E-state index contributed by atoms with van der Waals surface area (Å²) in [6.45, 7) is 4.12. The summed E-state index contributed by atoms with van der Waals surface area (Å²) in [6, 6.07) is 5.16. The maximum Gasteiger partial charge on any atom is 0.341 e. The average molecular weight is 264 g/mol. The van der Waals surface area contributed by atoms with Crippen molar-refractivity contribution in [1.82, 2.24) is 5.32 Å². The molecule has 0 radical (unpaired) electrons. The van der Waals surface area contributed by atoms with Crippen LogP contribution in [-0.2, 0) is 9.53 Å². The van der Waals surface area contributed by atoms with E-state index >= 15 is 0 Å². The van der Waals surface area contributed by atoms with E-state index in [1.807, 2.05) is 6.92 Å². The van der Waals surface area contributed by atoms with E-state index in [0.29, 0.717) is 17.8 Å². The predicted molar refractivity (Wildman–Crippen MR) is 73.8 cm³/mol. The molecule has 1 aromatic rings. The van der Waals surface area contributed by atoms with Gasteiger partial charge in [0.15, 0.2) is 6.61 Å². The normalized spacial score (nSPS) is 10.0. The first kappa shape index (κ1) is 15.0. The van der Waals surface area contributed by atoms with Gasteiger partial charge in [0, 0.05) is 12.2 Å². The lowest BCUT2D eigenvalue weighted by molar-refractivity contribution is -0.124. The molecule has 0 saturated carbocycles. The highest BCUT2D eigenvalue weighted by atomic mass is 16.5. The smallest absolute Gasteiger partial charge is 0.341 e. The van der Waals surface area contributed by atoms with Gasteiger partial charge in [0.1, 0.15) is 0 Å². The first-order valence-electron chi connectivity index (χ1n) is 6.35. The van der Waals surface area contributed by atoms with Gasteiger partial charge in [0.2, 0.25) is 0 Å². The Balaban J connectivity index is 2.49. The van der Waals surface area contributed by atoms with Crippen LogP contribution in [0.4, 0.5) is 5.69 Å². The van der Waals surface area contributed by atoms with Crippen molar-refractivity contribution in [3.63, 3.8) is 0 Å². The standard InChI is InChI=1S/C14H20N2O3/c1-3-4-8-16-12(17)9-19-14(18)13-10(2)6-5-7-11(13)15/h5-7H,3-4,8-9,15H2,1-2H3,(H,16,17). The van der Waals surface area contributed by atoms with Gasteiger partial charge in [-0.25, -0.2) is 4.79 Å². The molecule has 1 amide bonds. The molecule has 1 rings (SSSR count). The zero-order chi connectivity index (χ0) is 14.3. The summed E-state index contributed by atoms with van der Waals surface area (Å²) in [5.74, 6) is -0.866. The molecule has 0 aliphatic heterocycles. The van der Waals surface area contributed by atoms with E-state index < -0.39 is 5.97 Å². The number of carbonyl (C=O) groups excluding carboxylic acids is 2. The molecule has 0 aliphatic carbocycles. The maximum absolute atomic E-state index is 11.8. The van der Waals surface area contributed by atoms with Crippen molar-refractivity contribution in [2.75, 3.05) is 18.9 Å². The molecule has 0 saturated heterocycles. The fraction of sp³-hybridized carbons (Fsp3) is 0.429. The molecule has 0 atom stereocenters. The predicted octanol–water partition coefficient (Wildman–Crippen LogP) is 1.65. The molecule has 1 aromatic carbocycles. The second kappa shape index (κ2) is 7.41. The number of hydrogen-bond donors (Lipinski definition) is 2. The summed E-state index contributed by atoms with van der Waals surface area (Å²) in [7, 11) is 0. The Morgan fingerprint density at radius 3 is 2.74 bits per heavy atom. The van der Waals surface area contributed by atoms with Gasteiger partial charge in [0.25, 0.3) is 5.91 Å². The SMILES string of the molecule is CCCCNC(=O)COC(=O)c1c(C)cccc1N. The van der Waals surface area contributed by atoms with Crippen LogP contribution in [0.1, 0.15) is 35.7 Å². The highest BCUT2D eigenvalue weighted by molar-refractivity contribution is 5.97. The number of nitrogen functional groups attached to an aromatic ring is 1. The second-order valence-electron chi connectivity index (χ2n) is 4.32. The van der Waals surface area contributed by atoms with Crippen molar-refractivity contribution >= 4 is 17.6 Å². The number of amides is 1. The number of carbonyl (C=O) groups is 2. The van der Waals surface area contributed by atoms with Crippen LogP contribution in [0.15, 0.2) is 18.2 Å². The largest absolute Gasteiger partial charge is 0.452 e. The monoisotopic (exact) mass is 264 g/mol. The number of benzene rings is 1. The number of ether oxygens (including phenoxy) is 1. The summed E-state index contributed by atoms with van der Waals surface area (Å²) >= 11 is 0. The number of aryl methyl sites for hydroxylation is 1. The minimum Gasteiger partial charge on any atom is -0.452 e. The van der Waals surface area contributed by atoms with Crippen molar-refractivity contribution < 1.29 is 14.3 Å². The average Bonchev–Trinajstić information content (AvgIpc) is 2.36. The first-order chi connectivity index (χ1) is 9.06. The molecule has 19 heavy (non-hydrogen) atoms. The summed E-state index contributed by atoms with van der Waals surface area (Å²) in [5.41, 5.74) is 7.14. The summed E-state index contributed by atoms with van der Waals surface area (Å²) in [5, 5.41) is 2.67. The van der Waals surface area contributed by atoms with Crippen molar-refractivity contribution in [3.8, 4) is 0 Å². The molecule has 5 nitrogen and oxygen atoms in total. The van der Waals surface area contributed by atoms with E-state index in [1.54, 1.807) is 25.1 Å². The molecule has 0 heterocycles. The second-order valence-corrected chi connectivity index (χ2v) is 4.32. The molecule has 0 aromatic heterocycles. The molecule has 104 valence electrons. The van der Waals surface area contributed by atoms with Gasteiger partial charge in [-0.1, -0.05) is 25.5 Å². The number of unbranched alkanes of at least 4 members (excludes halogenated alkanes) is 1. The van der Waals surface area contributed by atoms with Crippen molar-refractivity contribution in [3.05, 3.63) is 29.3 Å². The molecule has 0 fully saturated rings. The number of anilines is 1.